The van der Waals surface area contributed by atoms with Gasteiger partial charge in [-0.15, -0.1) is 0 Å². The molecule has 2 aromatic rings. The number of nitrogens with two attached hydrogens (primary N) is 1. The largest absolute Gasteiger partial charge is 0.380 e. The molecule has 0 bridgehead atoms. The van der Waals surface area contributed by atoms with E-state index in [1.807, 2.05) is 6.92 Å². The summed E-state index contributed by atoms with van der Waals surface area (Å²) < 4.78 is 18.5. The van der Waals surface area contributed by atoms with E-state index >= 15 is 0 Å². The fourth-order valence-electron chi connectivity index (χ4n) is 1.89. The Morgan fingerprint density at radius 3 is 2.58 bits per heavy atom. The molecule has 0 saturated carbocycles. The number of nitrogen functional groups attached to an aromatic ring is 1. The second kappa shape index (κ2) is 5.21. The van der Waals surface area contributed by atoms with Gasteiger partial charge in [0.05, 0.1) is 10.6 Å². The van der Waals surface area contributed by atoms with E-state index in [9.17, 15) is 4.39 Å². The zero-order valence-electron chi connectivity index (χ0n) is 11.1. The summed E-state index contributed by atoms with van der Waals surface area (Å²) in [6, 6.07) is 4.20. The summed E-state index contributed by atoms with van der Waals surface area (Å²) in [4.78, 5) is 0. The third-order valence-corrected chi connectivity index (χ3v) is 3.67. The van der Waals surface area contributed by atoms with Crippen LogP contribution in [0.2, 0.25) is 5.02 Å². The van der Waals surface area contributed by atoms with Gasteiger partial charge in [-0.3, -0.25) is 0 Å². The van der Waals surface area contributed by atoms with Crippen molar-refractivity contribution in [2.45, 2.75) is 26.7 Å². The van der Waals surface area contributed by atoms with E-state index in [0.717, 1.165) is 0 Å². The molecule has 102 valence electrons. The second-order valence-corrected chi connectivity index (χ2v) is 5.37. The van der Waals surface area contributed by atoms with Crippen LogP contribution in [-0.4, -0.2) is 5.16 Å². The van der Waals surface area contributed by atoms with Gasteiger partial charge in [0.2, 0.25) is 0 Å². The quantitative estimate of drug-likeness (QED) is 0.903. The van der Waals surface area contributed by atoms with Crippen LogP contribution >= 0.6 is 11.6 Å². The van der Waals surface area contributed by atoms with E-state index in [1.165, 1.54) is 12.1 Å². The first kappa shape index (κ1) is 13.9. The smallest absolute Gasteiger partial charge is 0.175 e. The summed E-state index contributed by atoms with van der Waals surface area (Å²) in [6.45, 7) is 6.20. The predicted molar refractivity (Wildman–Crippen MR) is 74.6 cm³/mol. The Morgan fingerprint density at radius 1 is 1.32 bits per heavy atom. The van der Waals surface area contributed by atoms with E-state index < -0.39 is 0 Å². The maximum atomic E-state index is 13.1. The molecule has 2 N–H and O–H groups in total. The molecule has 0 aliphatic carbocycles. The van der Waals surface area contributed by atoms with Crippen LogP contribution in [0.3, 0.4) is 0 Å². The number of aromatic nitrogens is 1. The first-order valence-electron chi connectivity index (χ1n) is 6.12. The van der Waals surface area contributed by atoms with Crippen LogP contribution in [0.5, 0.6) is 0 Å². The SMILES string of the molecule is CC(C)C(C)c1onc(N)c1-c1ccc(F)cc1Cl. The van der Waals surface area contributed by atoms with Crippen molar-refractivity contribution in [3.63, 3.8) is 0 Å². The summed E-state index contributed by atoms with van der Waals surface area (Å²) >= 11 is 6.08. The van der Waals surface area contributed by atoms with Crippen molar-refractivity contribution in [1.29, 1.82) is 0 Å². The highest BCUT2D eigenvalue weighted by atomic mass is 35.5. The molecule has 2 rings (SSSR count). The van der Waals surface area contributed by atoms with Crippen LogP contribution < -0.4 is 5.73 Å². The molecule has 0 fully saturated rings. The third-order valence-electron chi connectivity index (χ3n) is 3.36. The molecule has 1 aromatic heterocycles. The summed E-state index contributed by atoms with van der Waals surface area (Å²) in [7, 11) is 0. The Balaban J connectivity index is 2.58. The molecule has 1 unspecified atom stereocenters. The van der Waals surface area contributed by atoms with Gasteiger partial charge in [-0.1, -0.05) is 37.5 Å². The van der Waals surface area contributed by atoms with Crippen LogP contribution in [0.15, 0.2) is 22.7 Å². The van der Waals surface area contributed by atoms with Crippen LogP contribution in [0.25, 0.3) is 11.1 Å². The molecule has 1 aromatic carbocycles. The van der Waals surface area contributed by atoms with Crippen molar-refractivity contribution in [2.24, 2.45) is 5.92 Å². The van der Waals surface area contributed by atoms with Crippen LogP contribution in [0.4, 0.5) is 10.2 Å². The van der Waals surface area contributed by atoms with E-state index in [-0.39, 0.29) is 17.6 Å². The van der Waals surface area contributed by atoms with Crippen LogP contribution in [0, 0.1) is 11.7 Å². The van der Waals surface area contributed by atoms with Gasteiger partial charge in [-0.05, 0) is 24.1 Å². The monoisotopic (exact) mass is 282 g/mol. The molecule has 0 aliphatic rings. The van der Waals surface area contributed by atoms with Gasteiger partial charge in [0.15, 0.2) is 5.82 Å². The predicted octanol–water partition coefficient (Wildman–Crippen LogP) is 4.48. The van der Waals surface area contributed by atoms with Crippen molar-refractivity contribution in [3.8, 4) is 11.1 Å². The van der Waals surface area contributed by atoms with Crippen molar-refractivity contribution in [3.05, 3.63) is 34.8 Å². The lowest BCUT2D eigenvalue weighted by Gasteiger charge is -2.14. The summed E-state index contributed by atoms with van der Waals surface area (Å²) in [5.74, 6) is 1.07. The Hall–Kier alpha value is -1.55. The number of hydrogen-bond donors (Lipinski definition) is 1. The highest BCUT2D eigenvalue weighted by Crippen LogP contribution is 2.40. The standard InChI is InChI=1S/C14H16ClFN2O/c1-7(2)8(3)13-12(14(17)18-19-13)10-5-4-9(16)6-11(10)15/h4-8H,1-3H3,(H2,17,18). The van der Waals surface area contributed by atoms with Crippen molar-refractivity contribution < 1.29 is 8.91 Å². The topological polar surface area (TPSA) is 52.0 Å². The lowest BCUT2D eigenvalue weighted by Crippen LogP contribution is -2.03. The first-order valence-corrected chi connectivity index (χ1v) is 6.50. The molecule has 5 heteroatoms. The minimum Gasteiger partial charge on any atom is -0.380 e. The lowest BCUT2D eigenvalue weighted by molar-refractivity contribution is 0.341. The number of hydrogen-bond acceptors (Lipinski definition) is 3. The maximum Gasteiger partial charge on any atom is 0.175 e. The van der Waals surface area contributed by atoms with Crippen LogP contribution in [0.1, 0.15) is 32.4 Å². The molecule has 3 nitrogen and oxygen atoms in total. The minimum atomic E-state index is -0.387. The van der Waals surface area contributed by atoms with Gasteiger partial charge in [0.25, 0.3) is 0 Å². The Bertz CT molecular complexity index is 595. The average molecular weight is 283 g/mol. The van der Waals surface area contributed by atoms with E-state index in [0.29, 0.717) is 27.8 Å². The number of nitrogens with zero attached hydrogens (tertiary/aromatic N) is 1. The summed E-state index contributed by atoms with van der Waals surface area (Å²) in [5.41, 5.74) is 7.16. The zero-order valence-corrected chi connectivity index (χ0v) is 11.8. The molecule has 1 atom stereocenters. The Labute approximate surface area is 116 Å². The van der Waals surface area contributed by atoms with Gasteiger partial charge in [-0.2, -0.15) is 0 Å². The first-order chi connectivity index (χ1) is 8.91. The molecular formula is C14H16ClFN2O. The van der Waals surface area contributed by atoms with E-state index in [4.69, 9.17) is 21.9 Å². The van der Waals surface area contributed by atoms with E-state index in [2.05, 4.69) is 19.0 Å². The highest BCUT2D eigenvalue weighted by molar-refractivity contribution is 6.33. The molecule has 0 aliphatic heterocycles. The van der Waals surface area contributed by atoms with Crippen molar-refractivity contribution in [2.75, 3.05) is 5.73 Å². The number of benzene rings is 1. The Kier molecular flexibility index (Phi) is 3.80. The molecule has 19 heavy (non-hydrogen) atoms. The van der Waals surface area contributed by atoms with Gasteiger partial charge in [0.1, 0.15) is 11.6 Å². The molecule has 0 saturated heterocycles. The molecule has 0 amide bonds. The summed E-state index contributed by atoms with van der Waals surface area (Å²) in [6.07, 6.45) is 0. The third kappa shape index (κ3) is 2.59. The number of anilines is 1. The Morgan fingerprint density at radius 2 is 2.00 bits per heavy atom. The van der Waals surface area contributed by atoms with Gasteiger partial charge in [-0.25, -0.2) is 4.39 Å². The fraction of sp³-hybridized carbons (Fsp3) is 0.357. The van der Waals surface area contributed by atoms with Crippen LogP contribution in [-0.2, 0) is 0 Å². The minimum absolute atomic E-state index is 0.140. The molecule has 0 spiro atoms. The second-order valence-electron chi connectivity index (χ2n) is 4.96. The van der Waals surface area contributed by atoms with Crippen molar-refractivity contribution in [1.82, 2.24) is 5.16 Å². The number of halogens is 2. The molecule has 1 heterocycles. The van der Waals surface area contributed by atoms with Gasteiger partial charge >= 0.3 is 0 Å². The average Bonchev–Trinajstić information content (AvgIpc) is 2.70. The van der Waals surface area contributed by atoms with Gasteiger partial charge in [0, 0.05) is 11.5 Å². The summed E-state index contributed by atoms with van der Waals surface area (Å²) in [5, 5.41) is 4.11. The maximum absolute atomic E-state index is 13.1. The van der Waals surface area contributed by atoms with E-state index in [1.54, 1.807) is 6.07 Å². The number of rotatable bonds is 3. The van der Waals surface area contributed by atoms with Crippen molar-refractivity contribution >= 4 is 17.4 Å². The fourth-order valence-corrected chi connectivity index (χ4v) is 2.15. The molecular weight excluding hydrogens is 267 g/mol. The van der Waals surface area contributed by atoms with Gasteiger partial charge < -0.3 is 10.3 Å². The highest BCUT2D eigenvalue weighted by Gasteiger charge is 2.24. The zero-order chi connectivity index (χ0) is 14.2. The molecule has 0 radical (unpaired) electrons. The lowest BCUT2D eigenvalue weighted by atomic mass is 9.91. The normalized spacial score (nSPS) is 12.9.